The highest BCUT2D eigenvalue weighted by atomic mass is 16.5. The molecule has 2 rings (SSSR count). The molecule has 0 aliphatic carbocycles. The molecular weight excluding hydrogens is 240 g/mol. The Morgan fingerprint density at radius 1 is 1.21 bits per heavy atom. The maximum absolute atomic E-state index is 11.0. The van der Waals surface area contributed by atoms with E-state index in [1.165, 1.54) is 0 Å². The maximum Gasteiger partial charge on any atom is 0.335 e. The van der Waals surface area contributed by atoms with E-state index in [-0.39, 0.29) is 11.0 Å². The van der Waals surface area contributed by atoms with E-state index in [0.29, 0.717) is 5.56 Å². The van der Waals surface area contributed by atoms with Crippen LogP contribution in [0.1, 0.15) is 63.9 Å². The molecule has 1 N–H and O–H groups in total. The second kappa shape index (κ2) is 5.24. The van der Waals surface area contributed by atoms with Crippen LogP contribution in [0.4, 0.5) is 0 Å². The van der Waals surface area contributed by atoms with Crippen LogP contribution in [-0.2, 0) is 5.41 Å². The first kappa shape index (κ1) is 15.5. The minimum absolute atomic E-state index is 0.0669. The van der Waals surface area contributed by atoms with Gasteiger partial charge in [0.1, 0.15) is 11.4 Å². The molecule has 1 aliphatic rings. The molecule has 1 aliphatic heterocycles. The summed E-state index contributed by atoms with van der Waals surface area (Å²) in [7, 11) is 0. The largest absolute Gasteiger partial charge is 0.488 e. The van der Waals surface area contributed by atoms with Crippen LogP contribution in [0.3, 0.4) is 0 Å². The van der Waals surface area contributed by atoms with Crippen molar-refractivity contribution in [1.29, 1.82) is 0 Å². The van der Waals surface area contributed by atoms with Crippen molar-refractivity contribution < 1.29 is 14.6 Å². The molecule has 0 amide bonds. The highest BCUT2D eigenvalue weighted by Gasteiger charge is 2.39. The van der Waals surface area contributed by atoms with Crippen molar-refractivity contribution in [1.82, 2.24) is 0 Å². The molecule has 0 saturated heterocycles. The molecule has 106 valence electrons. The summed E-state index contributed by atoms with van der Waals surface area (Å²) >= 11 is 0. The Morgan fingerprint density at radius 2 is 1.79 bits per heavy atom. The average molecular weight is 264 g/mol. The number of ether oxygens (including phenoxy) is 1. The molecule has 3 nitrogen and oxygen atoms in total. The normalized spacial score (nSPS) is 18.4. The van der Waals surface area contributed by atoms with Crippen LogP contribution in [0.25, 0.3) is 0 Å². The molecule has 0 fully saturated rings. The summed E-state index contributed by atoms with van der Waals surface area (Å²) in [4.78, 5) is 11.0. The van der Waals surface area contributed by atoms with Crippen molar-refractivity contribution in [2.24, 2.45) is 0 Å². The average Bonchev–Trinajstić information content (AvgIpc) is 2.28. The monoisotopic (exact) mass is 264 g/mol. The van der Waals surface area contributed by atoms with E-state index < -0.39 is 5.97 Å². The number of aromatic carboxylic acids is 1. The van der Waals surface area contributed by atoms with E-state index in [0.717, 1.165) is 17.7 Å². The van der Waals surface area contributed by atoms with Crippen molar-refractivity contribution in [3.63, 3.8) is 0 Å². The van der Waals surface area contributed by atoms with E-state index in [9.17, 15) is 4.79 Å². The predicted molar refractivity (Wildman–Crippen MR) is 77.1 cm³/mol. The number of rotatable bonds is 1. The van der Waals surface area contributed by atoms with Gasteiger partial charge in [0.25, 0.3) is 0 Å². The summed E-state index contributed by atoms with van der Waals surface area (Å²) in [6, 6.07) is 5.09. The molecule has 0 atom stereocenters. The number of hydrogen-bond acceptors (Lipinski definition) is 2. The molecule has 0 aromatic heterocycles. The molecular formula is C16H24O3. The first-order valence-corrected chi connectivity index (χ1v) is 6.78. The third kappa shape index (κ3) is 3.28. The van der Waals surface area contributed by atoms with E-state index in [2.05, 4.69) is 27.7 Å². The quantitative estimate of drug-likeness (QED) is 0.824. The molecule has 0 saturated carbocycles. The van der Waals surface area contributed by atoms with Gasteiger partial charge in [-0.1, -0.05) is 27.7 Å². The van der Waals surface area contributed by atoms with Crippen LogP contribution < -0.4 is 4.74 Å². The zero-order chi connectivity index (χ0) is 14.8. The fourth-order valence-corrected chi connectivity index (χ4v) is 2.77. The summed E-state index contributed by atoms with van der Waals surface area (Å²) < 4.78 is 5.90. The van der Waals surface area contributed by atoms with E-state index in [1.807, 2.05) is 13.8 Å². The molecule has 0 bridgehead atoms. The first-order chi connectivity index (χ1) is 8.71. The number of fused-ring (bicyclic) bond motifs is 1. The summed E-state index contributed by atoms with van der Waals surface area (Å²) in [6.45, 7) is 12.4. The van der Waals surface area contributed by atoms with Crippen molar-refractivity contribution >= 4 is 5.97 Å². The number of carboxylic acid groups (broad SMARTS) is 1. The van der Waals surface area contributed by atoms with Crippen LogP contribution in [0.2, 0.25) is 0 Å². The van der Waals surface area contributed by atoms with Crippen molar-refractivity contribution in [2.75, 3.05) is 0 Å². The summed E-state index contributed by atoms with van der Waals surface area (Å²) in [5.74, 6) is -0.0929. The smallest absolute Gasteiger partial charge is 0.335 e. The Morgan fingerprint density at radius 3 is 2.32 bits per heavy atom. The minimum Gasteiger partial charge on any atom is -0.488 e. The van der Waals surface area contributed by atoms with Crippen LogP contribution in [0.5, 0.6) is 5.75 Å². The van der Waals surface area contributed by atoms with Gasteiger partial charge >= 0.3 is 5.97 Å². The molecule has 1 aromatic carbocycles. The van der Waals surface area contributed by atoms with Gasteiger partial charge in [0, 0.05) is 5.56 Å². The second-order valence-electron chi connectivity index (χ2n) is 5.94. The summed E-state index contributed by atoms with van der Waals surface area (Å²) in [5, 5.41) is 9.02. The molecule has 1 aromatic rings. The van der Waals surface area contributed by atoms with Gasteiger partial charge < -0.3 is 9.84 Å². The van der Waals surface area contributed by atoms with Crippen molar-refractivity contribution in [3.05, 3.63) is 29.3 Å². The van der Waals surface area contributed by atoms with Crippen LogP contribution in [0.15, 0.2) is 18.2 Å². The summed E-state index contributed by atoms with van der Waals surface area (Å²) in [5.41, 5.74) is 1.03. The van der Waals surface area contributed by atoms with Crippen LogP contribution in [0, 0.1) is 0 Å². The van der Waals surface area contributed by atoms with E-state index >= 15 is 0 Å². The molecule has 0 unspecified atom stereocenters. The molecule has 0 spiro atoms. The van der Waals surface area contributed by atoms with Crippen molar-refractivity contribution in [2.45, 2.75) is 59.0 Å². The second-order valence-corrected chi connectivity index (χ2v) is 5.94. The van der Waals surface area contributed by atoms with Gasteiger partial charge in [-0.3, -0.25) is 0 Å². The van der Waals surface area contributed by atoms with Gasteiger partial charge in [-0.15, -0.1) is 0 Å². The minimum atomic E-state index is -0.895. The first-order valence-electron chi connectivity index (χ1n) is 6.78. The predicted octanol–water partition coefficient (Wildman–Crippen LogP) is 4.25. The highest BCUT2D eigenvalue weighted by Crippen LogP contribution is 2.44. The van der Waals surface area contributed by atoms with E-state index in [1.54, 1.807) is 18.2 Å². The zero-order valence-electron chi connectivity index (χ0n) is 12.7. The zero-order valence-corrected chi connectivity index (χ0v) is 12.7. The van der Waals surface area contributed by atoms with Gasteiger partial charge in [-0.25, -0.2) is 4.79 Å². The Labute approximate surface area is 115 Å². The lowest BCUT2D eigenvalue weighted by molar-refractivity contribution is 0.0532. The molecule has 0 radical (unpaired) electrons. The van der Waals surface area contributed by atoms with Crippen molar-refractivity contribution in [3.8, 4) is 5.75 Å². The topological polar surface area (TPSA) is 46.5 Å². The van der Waals surface area contributed by atoms with Gasteiger partial charge in [-0.05, 0) is 43.9 Å². The SMILES string of the molecule is CC.CC1(C)CC(C)(C)c2cc(C(=O)O)ccc2O1. The standard InChI is InChI=1S/C14H18O3.C2H6/c1-13(2)8-14(3,4)17-11-6-5-9(12(15)16)7-10(11)13;1-2/h5-7H,8H2,1-4H3,(H,15,16);1-2H3. The van der Waals surface area contributed by atoms with Gasteiger partial charge in [-0.2, -0.15) is 0 Å². The highest BCUT2D eigenvalue weighted by molar-refractivity contribution is 5.88. The fraction of sp³-hybridized carbons (Fsp3) is 0.562. The lowest BCUT2D eigenvalue weighted by Gasteiger charge is -2.42. The maximum atomic E-state index is 11.0. The Balaban J connectivity index is 0.000000861. The van der Waals surface area contributed by atoms with E-state index in [4.69, 9.17) is 9.84 Å². The fourth-order valence-electron chi connectivity index (χ4n) is 2.77. The van der Waals surface area contributed by atoms with Crippen LogP contribution in [-0.4, -0.2) is 16.7 Å². The summed E-state index contributed by atoms with van der Waals surface area (Å²) in [6.07, 6.45) is 0.871. The lowest BCUT2D eigenvalue weighted by Crippen LogP contribution is -2.41. The third-order valence-corrected chi connectivity index (χ3v) is 3.21. The Bertz CT molecular complexity index is 473. The van der Waals surface area contributed by atoms with Gasteiger partial charge in [0.2, 0.25) is 0 Å². The lowest BCUT2D eigenvalue weighted by atomic mass is 9.73. The number of carboxylic acids is 1. The van der Waals surface area contributed by atoms with Crippen LogP contribution >= 0.6 is 0 Å². The molecule has 3 heteroatoms. The molecule has 19 heavy (non-hydrogen) atoms. The molecule has 1 heterocycles. The Hall–Kier alpha value is -1.51. The van der Waals surface area contributed by atoms with Gasteiger partial charge in [0.05, 0.1) is 5.56 Å². The number of carbonyl (C=O) groups is 1. The number of benzene rings is 1. The number of hydrogen-bond donors (Lipinski definition) is 1. The van der Waals surface area contributed by atoms with Gasteiger partial charge in [0.15, 0.2) is 0 Å². The Kier molecular flexibility index (Phi) is 4.28. The third-order valence-electron chi connectivity index (χ3n) is 3.21.